The van der Waals surface area contributed by atoms with Crippen molar-refractivity contribution < 1.29 is 9.53 Å². The zero-order valence-corrected chi connectivity index (χ0v) is 11.4. The first kappa shape index (κ1) is 14.2. The van der Waals surface area contributed by atoms with Gasteiger partial charge in [0.2, 0.25) is 0 Å². The van der Waals surface area contributed by atoms with Crippen molar-refractivity contribution in [1.29, 1.82) is 0 Å². The van der Waals surface area contributed by atoms with Crippen molar-refractivity contribution in [3.8, 4) is 0 Å². The fourth-order valence-electron chi connectivity index (χ4n) is 1.60. The molecule has 0 bridgehead atoms. The fraction of sp³-hybridized carbons (Fsp3) is 0.429. The number of nitrogens with zero attached hydrogens (tertiary/aromatic N) is 2. The average Bonchev–Trinajstić information content (AvgIpc) is 2.36. The van der Waals surface area contributed by atoms with Crippen LogP contribution < -0.4 is 0 Å². The molecule has 0 spiro atoms. The topological polar surface area (TPSA) is 41.9 Å². The third-order valence-electron chi connectivity index (χ3n) is 2.43. The molecule has 98 valence electrons. The molecule has 0 aromatic heterocycles. The molecule has 1 aromatic carbocycles. The monoisotopic (exact) mass is 248 g/mol. The number of benzene rings is 1. The molecule has 0 fully saturated rings. The lowest BCUT2D eigenvalue weighted by Gasteiger charge is -2.16. The summed E-state index contributed by atoms with van der Waals surface area (Å²) in [4.78, 5) is 11.8. The molecule has 0 aliphatic carbocycles. The summed E-state index contributed by atoms with van der Waals surface area (Å²) in [5.74, 6) is -0.628. The molecule has 1 aromatic rings. The molecular weight excluding hydrogens is 228 g/mol. The zero-order valence-electron chi connectivity index (χ0n) is 11.4. The van der Waals surface area contributed by atoms with Gasteiger partial charge >= 0.3 is 5.97 Å². The third-order valence-corrected chi connectivity index (χ3v) is 2.43. The smallest absolute Gasteiger partial charge is 0.314 e. The maximum Gasteiger partial charge on any atom is 0.314 e. The summed E-state index contributed by atoms with van der Waals surface area (Å²) in [7, 11) is 3.67. The molecule has 1 unspecified atom stereocenters. The van der Waals surface area contributed by atoms with Gasteiger partial charge in [-0.05, 0) is 19.4 Å². The van der Waals surface area contributed by atoms with Crippen molar-refractivity contribution in [2.75, 3.05) is 20.7 Å². The molecule has 0 N–H and O–H groups in total. The number of hydrogen-bond acceptors (Lipinski definition) is 4. The second-order valence-corrected chi connectivity index (χ2v) is 4.17. The highest BCUT2D eigenvalue weighted by molar-refractivity contribution is 6.11. The van der Waals surface area contributed by atoms with E-state index in [1.54, 1.807) is 11.9 Å². The first-order valence-electron chi connectivity index (χ1n) is 6.04. The maximum atomic E-state index is 11.8. The molecule has 0 amide bonds. The molecule has 0 aliphatic heterocycles. The van der Waals surface area contributed by atoms with E-state index in [9.17, 15) is 4.79 Å². The van der Waals surface area contributed by atoms with Gasteiger partial charge in [-0.25, -0.2) is 0 Å². The molecule has 18 heavy (non-hydrogen) atoms. The Labute approximate surface area is 108 Å². The van der Waals surface area contributed by atoms with Crippen LogP contribution in [-0.2, 0) is 9.53 Å². The van der Waals surface area contributed by atoms with E-state index < -0.39 is 0 Å². The summed E-state index contributed by atoms with van der Waals surface area (Å²) in [5.41, 5.74) is 1.66. The highest BCUT2D eigenvalue weighted by atomic mass is 16.5. The summed E-state index contributed by atoms with van der Waals surface area (Å²) >= 11 is 0. The van der Waals surface area contributed by atoms with Crippen molar-refractivity contribution in [1.82, 2.24) is 5.01 Å². The van der Waals surface area contributed by atoms with Gasteiger partial charge in [0.1, 0.15) is 0 Å². The van der Waals surface area contributed by atoms with Crippen LogP contribution in [0.2, 0.25) is 0 Å². The van der Waals surface area contributed by atoms with E-state index in [1.807, 2.05) is 51.4 Å². The van der Waals surface area contributed by atoms with Crippen LogP contribution in [0.4, 0.5) is 0 Å². The minimum Gasteiger partial charge on any atom is -0.465 e. The number of hydrazone groups is 1. The van der Waals surface area contributed by atoms with Gasteiger partial charge in [-0.3, -0.25) is 4.79 Å². The molecule has 4 nitrogen and oxygen atoms in total. The van der Waals surface area contributed by atoms with Gasteiger partial charge in [-0.2, -0.15) is 5.10 Å². The van der Waals surface area contributed by atoms with Crippen LogP contribution in [0.25, 0.3) is 0 Å². The Morgan fingerprint density at radius 1 is 1.33 bits per heavy atom. The van der Waals surface area contributed by atoms with Gasteiger partial charge in [0.05, 0.1) is 18.2 Å². The molecule has 0 saturated carbocycles. The number of hydrogen-bond donors (Lipinski definition) is 0. The Hall–Kier alpha value is -1.84. The maximum absolute atomic E-state index is 11.8. The van der Waals surface area contributed by atoms with Gasteiger partial charge in [0, 0.05) is 14.1 Å². The van der Waals surface area contributed by atoms with E-state index >= 15 is 0 Å². The number of ether oxygens (including phenoxy) is 1. The van der Waals surface area contributed by atoms with Gasteiger partial charge < -0.3 is 9.75 Å². The standard InChI is InChI=1S/C14H20N2O2/c1-5-18-14(17)11(2)13(15-16(3)4)12-9-7-6-8-10-12/h6-11H,5H2,1-4H3/b15-13-. The van der Waals surface area contributed by atoms with Gasteiger partial charge in [-0.15, -0.1) is 0 Å². The summed E-state index contributed by atoms with van der Waals surface area (Å²) in [6, 6.07) is 9.68. The van der Waals surface area contributed by atoms with Crippen LogP contribution in [0.15, 0.2) is 35.4 Å². The largest absolute Gasteiger partial charge is 0.465 e. The Balaban J connectivity index is 3.04. The predicted octanol–water partition coefficient (Wildman–Crippen LogP) is 2.15. The Bertz CT molecular complexity index is 413. The third kappa shape index (κ3) is 3.87. The van der Waals surface area contributed by atoms with Crippen LogP contribution in [0.3, 0.4) is 0 Å². The zero-order chi connectivity index (χ0) is 13.5. The molecule has 0 aliphatic rings. The first-order valence-corrected chi connectivity index (χ1v) is 6.04. The van der Waals surface area contributed by atoms with Crippen molar-refractivity contribution in [2.45, 2.75) is 13.8 Å². The number of rotatable bonds is 5. The van der Waals surface area contributed by atoms with E-state index in [4.69, 9.17) is 4.74 Å². The summed E-state index contributed by atoms with van der Waals surface area (Å²) in [5, 5.41) is 6.09. The SMILES string of the molecule is CCOC(=O)C(C)/C(=N/N(C)C)c1ccccc1. The Morgan fingerprint density at radius 2 is 1.94 bits per heavy atom. The van der Waals surface area contributed by atoms with E-state index in [0.717, 1.165) is 11.3 Å². The van der Waals surface area contributed by atoms with Crippen molar-refractivity contribution >= 4 is 11.7 Å². The predicted molar refractivity (Wildman–Crippen MR) is 72.5 cm³/mol. The molecule has 0 heterocycles. The van der Waals surface area contributed by atoms with Crippen molar-refractivity contribution in [3.63, 3.8) is 0 Å². The number of carbonyl (C=O) groups is 1. The molecular formula is C14H20N2O2. The fourth-order valence-corrected chi connectivity index (χ4v) is 1.60. The number of esters is 1. The van der Waals surface area contributed by atoms with Crippen molar-refractivity contribution in [3.05, 3.63) is 35.9 Å². The van der Waals surface area contributed by atoms with Crippen LogP contribution in [-0.4, -0.2) is 37.4 Å². The summed E-state index contributed by atoms with van der Waals surface area (Å²) in [6.45, 7) is 4.00. The van der Waals surface area contributed by atoms with E-state index in [-0.39, 0.29) is 11.9 Å². The van der Waals surface area contributed by atoms with Crippen LogP contribution in [0.5, 0.6) is 0 Å². The molecule has 1 rings (SSSR count). The van der Waals surface area contributed by atoms with Crippen molar-refractivity contribution in [2.24, 2.45) is 11.0 Å². The Kier molecular flexibility index (Phi) is 5.36. The van der Waals surface area contributed by atoms with E-state index in [2.05, 4.69) is 5.10 Å². The first-order chi connectivity index (χ1) is 8.56. The van der Waals surface area contributed by atoms with Crippen LogP contribution in [0.1, 0.15) is 19.4 Å². The second kappa shape index (κ2) is 6.79. The summed E-state index contributed by atoms with van der Waals surface area (Å²) < 4.78 is 5.05. The molecule has 0 radical (unpaired) electrons. The lowest BCUT2D eigenvalue weighted by atomic mass is 9.98. The van der Waals surface area contributed by atoms with Gasteiger partial charge in [0.25, 0.3) is 0 Å². The van der Waals surface area contributed by atoms with E-state index in [1.165, 1.54) is 0 Å². The molecule has 1 atom stereocenters. The van der Waals surface area contributed by atoms with Gasteiger partial charge in [-0.1, -0.05) is 30.3 Å². The molecule has 4 heteroatoms. The average molecular weight is 248 g/mol. The second-order valence-electron chi connectivity index (χ2n) is 4.17. The highest BCUT2D eigenvalue weighted by Gasteiger charge is 2.22. The number of carbonyl (C=O) groups excluding carboxylic acids is 1. The normalized spacial score (nSPS) is 13.0. The van der Waals surface area contributed by atoms with Gasteiger partial charge in [0.15, 0.2) is 0 Å². The molecule has 0 saturated heterocycles. The quantitative estimate of drug-likeness (QED) is 0.455. The minimum atomic E-state index is -0.380. The highest BCUT2D eigenvalue weighted by Crippen LogP contribution is 2.12. The summed E-state index contributed by atoms with van der Waals surface area (Å²) in [6.07, 6.45) is 0. The minimum absolute atomic E-state index is 0.248. The van der Waals surface area contributed by atoms with Crippen LogP contribution >= 0.6 is 0 Å². The van der Waals surface area contributed by atoms with E-state index in [0.29, 0.717) is 6.61 Å². The van der Waals surface area contributed by atoms with Crippen LogP contribution in [0, 0.1) is 5.92 Å². The Morgan fingerprint density at radius 3 is 2.44 bits per heavy atom. The lowest BCUT2D eigenvalue weighted by Crippen LogP contribution is -2.26. The lowest BCUT2D eigenvalue weighted by molar-refractivity contribution is -0.145.